The molecule has 3 heterocycles. The summed E-state index contributed by atoms with van der Waals surface area (Å²) >= 11 is 0. The Bertz CT molecular complexity index is 818. The van der Waals surface area contributed by atoms with Crippen molar-refractivity contribution in [1.29, 1.82) is 0 Å². The van der Waals surface area contributed by atoms with Crippen LogP contribution in [0, 0.1) is 0 Å². The fourth-order valence-corrected chi connectivity index (χ4v) is 3.66. The Morgan fingerprint density at radius 2 is 2.08 bits per heavy atom. The average molecular weight is 351 g/mol. The predicted molar refractivity (Wildman–Crippen MR) is 102 cm³/mol. The molecule has 1 saturated carbocycles. The Morgan fingerprint density at radius 3 is 2.85 bits per heavy atom. The first-order valence-corrected chi connectivity index (χ1v) is 9.35. The zero-order valence-electron chi connectivity index (χ0n) is 14.9. The van der Waals surface area contributed by atoms with E-state index in [0.29, 0.717) is 17.3 Å². The molecule has 4 N–H and O–H groups in total. The highest BCUT2D eigenvalue weighted by atomic mass is 16.1. The smallest absolute Gasteiger partial charge is 0.187 e. The lowest BCUT2D eigenvalue weighted by atomic mass is 10.0. The maximum absolute atomic E-state index is 12.9. The van der Waals surface area contributed by atoms with Crippen molar-refractivity contribution >= 4 is 17.2 Å². The van der Waals surface area contributed by atoms with E-state index in [1.807, 2.05) is 18.2 Å². The van der Waals surface area contributed by atoms with Crippen LogP contribution in [0.2, 0.25) is 0 Å². The van der Waals surface area contributed by atoms with Crippen molar-refractivity contribution in [2.75, 3.05) is 23.7 Å². The SMILES string of the molecule is Nc1ccc(C2CC2)nc1C(=O)Cc1cnccc1N1CCC[C@H](N)C1. The van der Waals surface area contributed by atoms with Crippen LogP contribution in [-0.4, -0.2) is 34.9 Å². The van der Waals surface area contributed by atoms with E-state index in [2.05, 4.69) is 14.9 Å². The largest absolute Gasteiger partial charge is 0.397 e. The number of carbonyl (C=O) groups is 1. The Balaban J connectivity index is 1.57. The number of hydrogen-bond donors (Lipinski definition) is 2. The molecule has 1 atom stereocenters. The normalized spacial score (nSPS) is 20.2. The number of carbonyl (C=O) groups excluding carboxylic acids is 1. The molecule has 0 unspecified atom stereocenters. The van der Waals surface area contributed by atoms with Gasteiger partial charge < -0.3 is 16.4 Å². The van der Waals surface area contributed by atoms with Gasteiger partial charge >= 0.3 is 0 Å². The number of rotatable bonds is 5. The standard InChI is InChI=1S/C20H25N5O/c21-15-2-1-9-25(12-15)18-7-8-23-11-14(18)10-19(26)20-16(22)5-6-17(24-20)13-3-4-13/h5-8,11,13,15H,1-4,9-10,12,21-22H2/t15-/m0/s1. The van der Waals surface area contributed by atoms with Crippen LogP contribution in [0.15, 0.2) is 30.6 Å². The van der Waals surface area contributed by atoms with E-state index in [1.54, 1.807) is 12.4 Å². The van der Waals surface area contributed by atoms with Gasteiger partial charge in [0.25, 0.3) is 0 Å². The lowest BCUT2D eigenvalue weighted by Gasteiger charge is -2.33. The first-order chi connectivity index (χ1) is 12.6. The van der Waals surface area contributed by atoms with Gasteiger partial charge in [0.2, 0.25) is 0 Å². The molecular formula is C20H25N5O. The third-order valence-corrected chi connectivity index (χ3v) is 5.24. The molecule has 0 bridgehead atoms. The average Bonchev–Trinajstić information content (AvgIpc) is 3.47. The quantitative estimate of drug-likeness (QED) is 0.802. The number of nitrogen functional groups attached to an aromatic ring is 1. The molecule has 1 aliphatic carbocycles. The molecule has 26 heavy (non-hydrogen) atoms. The van der Waals surface area contributed by atoms with Crippen molar-refractivity contribution in [1.82, 2.24) is 9.97 Å². The summed E-state index contributed by atoms with van der Waals surface area (Å²) in [5.74, 6) is 0.437. The van der Waals surface area contributed by atoms with Gasteiger partial charge in [-0.15, -0.1) is 0 Å². The lowest BCUT2D eigenvalue weighted by Crippen LogP contribution is -2.43. The Hall–Kier alpha value is -2.47. The van der Waals surface area contributed by atoms with Crippen LogP contribution < -0.4 is 16.4 Å². The summed E-state index contributed by atoms with van der Waals surface area (Å²) in [4.78, 5) is 24.0. The molecule has 0 amide bonds. The van der Waals surface area contributed by atoms with Crippen molar-refractivity contribution in [2.24, 2.45) is 5.73 Å². The molecule has 0 radical (unpaired) electrons. The molecule has 136 valence electrons. The van der Waals surface area contributed by atoms with E-state index in [1.165, 1.54) is 0 Å². The monoisotopic (exact) mass is 351 g/mol. The molecule has 2 aromatic rings. The third kappa shape index (κ3) is 3.55. The minimum Gasteiger partial charge on any atom is -0.397 e. The number of nitrogens with two attached hydrogens (primary N) is 2. The number of pyridine rings is 2. The second-order valence-electron chi connectivity index (χ2n) is 7.40. The summed E-state index contributed by atoms with van der Waals surface area (Å²) in [6.45, 7) is 1.76. The van der Waals surface area contributed by atoms with Crippen LogP contribution in [0.3, 0.4) is 0 Å². The summed E-state index contributed by atoms with van der Waals surface area (Å²) in [5, 5.41) is 0. The number of ketones is 1. The summed E-state index contributed by atoms with van der Waals surface area (Å²) in [5.41, 5.74) is 15.9. The van der Waals surface area contributed by atoms with E-state index < -0.39 is 0 Å². The van der Waals surface area contributed by atoms with Gasteiger partial charge in [0, 0.05) is 60.8 Å². The second-order valence-corrected chi connectivity index (χ2v) is 7.40. The molecule has 6 nitrogen and oxygen atoms in total. The van der Waals surface area contributed by atoms with Gasteiger partial charge in [-0.05, 0) is 43.9 Å². The van der Waals surface area contributed by atoms with Crippen LogP contribution in [0.4, 0.5) is 11.4 Å². The van der Waals surface area contributed by atoms with Crippen molar-refractivity contribution in [3.8, 4) is 0 Å². The van der Waals surface area contributed by atoms with Gasteiger partial charge in [0.15, 0.2) is 5.78 Å². The van der Waals surface area contributed by atoms with E-state index >= 15 is 0 Å². The molecule has 2 aliphatic rings. The van der Waals surface area contributed by atoms with E-state index in [-0.39, 0.29) is 18.2 Å². The molecule has 6 heteroatoms. The number of hydrogen-bond acceptors (Lipinski definition) is 6. The van der Waals surface area contributed by atoms with Crippen molar-refractivity contribution in [2.45, 2.75) is 44.1 Å². The van der Waals surface area contributed by atoms with Crippen LogP contribution in [0.5, 0.6) is 0 Å². The Kier molecular flexibility index (Phi) is 4.59. The topological polar surface area (TPSA) is 98.1 Å². The molecule has 2 fully saturated rings. The minimum absolute atomic E-state index is 0.0550. The number of aromatic nitrogens is 2. The van der Waals surface area contributed by atoms with Crippen LogP contribution in [0.1, 0.15) is 53.3 Å². The number of piperidine rings is 1. The molecule has 0 spiro atoms. The van der Waals surface area contributed by atoms with Gasteiger partial charge in [0.05, 0.1) is 5.69 Å². The number of anilines is 2. The Morgan fingerprint density at radius 1 is 1.23 bits per heavy atom. The highest BCUT2D eigenvalue weighted by Gasteiger charge is 2.27. The zero-order chi connectivity index (χ0) is 18.1. The highest BCUT2D eigenvalue weighted by molar-refractivity contribution is 6.00. The van der Waals surface area contributed by atoms with Crippen LogP contribution in [0.25, 0.3) is 0 Å². The van der Waals surface area contributed by atoms with Gasteiger partial charge in [-0.3, -0.25) is 9.78 Å². The molecule has 4 rings (SSSR count). The third-order valence-electron chi connectivity index (χ3n) is 5.24. The van der Waals surface area contributed by atoms with E-state index in [4.69, 9.17) is 11.5 Å². The second kappa shape index (κ2) is 7.03. The Labute approximate surface area is 153 Å². The maximum Gasteiger partial charge on any atom is 0.187 e. The summed E-state index contributed by atoms with van der Waals surface area (Å²) in [6.07, 6.45) is 8.19. The number of nitrogens with zero attached hydrogens (tertiary/aromatic N) is 3. The highest BCUT2D eigenvalue weighted by Crippen LogP contribution is 2.39. The van der Waals surface area contributed by atoms with Crippen molar-refractivity contribution < 1.29 is 4.79 Å². The van der Waals surface area contributed by atoms with Crippen molar-refractivity contribution in [3.63, 3.8) is 0 Å². The van der Waals surface area contributed by atoms with Crippen LogP contribution in [-0.2, 0) is 6.42 Å². The molecule has 2 aromatic heterocycles. The summed E-state index contributed by atoms with van der Waals surface area (Å²) in [6, 6.07) is 5.89. The van der Waals surface area contributed by atoms with E-state index in [0.717, 1.165) is 55.7 Å². The molecular weight excluding hydrogens is 326 g/mol. The van der Waals surface area contributed by atoms with Gasteiger partial charge in [-0.2, -0.15) is 0 Å². The molecule has 1 aliphatic heterocycles. The van der Waals surface area contributed by atoms with Crippen molar-refractivity contribution in [3.05, 3.63) is 47.5 Å². The zero-order valence-corrected chi connectivity index (χ0v) is 14.9. The predicted octanol–water partition coefficient (Wildman–Crippen LogP) is 2.29. The van der Waals surface area contributed by atoms with Gasteiger partial charge in [-0.25, -0.2) is 4.98 Å². The number of Topliss-reactive ketones (excluding diaryl/α,β-unsaturated/α-hetero) is 1. The maximum atomic E-state index is 12.9. The summed E-state index contributed by atoms with van der Waals surface area (Å²) in [7, 11) is 0. The van der Waals surface area contributed by atoms with Gasteiger partial charge in [0.1, 0.15) is 5.69 Å². The molecule has 1 saturated heterocycles. The fraction of sp³-hybridized carbons (Fsp3) is 0.450. The van der Waals surface area contributed by atoms with Crippen LogP contribution >= 0.6 is 0 Å². The lowest BCUT2D eigenvalue weighted by molar-refractivity contribution is 0.0989. The van der Waals surface area contributed by atoms with Gasteiger partial charge in [-0.1, -0.05) is 0 Å². The first kappa shape index (κ1) is 17.0. The fourth-order valence-electron chi connectivity index (χ4n) is 3.66. The first-order valence-electron chi connectivity index (χ1n) is 9.35. The van der Waals surface area contributed by atoms with E-state index in [9.17, 15) is 4.79 Å². The molecule has 0 aromatic carbocycles. The summed E-state index contributed by atoms with van der Waals surface area (Å²) < 4.78 is 0. The minimum atomic E-state index is -0.0550.